The van der Waals surface area contributed by atoms with Gasteiger partial charge in [-0.25, -0.2) is 9.67 Å². The molecule has 2 aromatic heterocycles. The first-order chi connectivity index (χ1) is 14.2. The number of aromatic nitrogens is 3. The third-order valence-corrected chi connectivity index (χ3v) is 4.50. The first kappa shape index (κ1) is 21.4. The highest BCUT2D eigenvalue weighted by Crippen LogP contribution is 2.29. The fraction of sp³-hybridized carbons (Fsp3) is 0.286. The van der Waals surface area contributed by atoms with Crippen molar-refractivity contribution in [2.75, 3.05) is 6.54 Å². The van der Waals surface area contributed by atoms with Crippen LogP contribution in [-0.4, -0.2) is 32.3 Å². The molecule has 3 aromatic rings. The van der Waals surface area contributed by atoms with Crippen LogP contribution < -0.4 is 5.32 Å². The second-order valence-corrected chi connectivity index (χ2v) is 7.09. The van der Waals surface area contributed by atoms with Gasteiger partial charge in [-0.1, -0.05) is 26.0 Å². The maximum atomic E-state index is 12.8. The Morgan fingerprint density at radius 3 is 2.57 bits per heavy atom. The number of nitrogens with zero attached hydrogens (tertiary/aromatic N) is 3. The van der Waals surface area contributed by atoms with E-state index in [1.54, 1.807) is 18.2 Å². The number of hydrogen-bond donors (Lipinski definition) is 2. The summed E-state index contributed by atoms with van der Waals surface area (Å²) in [6.45, 7) is 4.08. The fourth-order valence-corrected chi connectivity index (χ4v) is 3.08. The molecule has 2 N–H and O–H groups in total. The molecule has 3 rings (SSSR count). The van der Waals surface area contributed by atoms with Crippen LogP contribution in [0.3, 0.4) is 0 Å². The smallest absolute Gasteiger partial charge is 0.417 e. The van der Waals surface area contributed by atoms with Gasteiger partial charge in [0.05, 0.1) is 23.0 Å². The highest BCUT2D eigenvalue weighted by Gasteiger charge is 2.31. The Labute approximate surface area is 171 Å². The van der Waals surface area contributed by atoms with Crippen LogP contribution in [0.25, 0.3) is 5.82 Å². The van der Waals surface area contributed by atoms with Gasteiger partial charge in [-0.3, -0.25) is 4.79 Å². The van der Waals surface area contributed by atoms with Gasteiger partial charge < -0.3 is 10.4 Å². The van der Waals surface area contributed by atoms with Gasteiger partial charge in [0, 0.05) is 12.7 Å². The number of phenols is 1. The number of benzene rings is 1. The lowest BCUT2D eigenvalue weighted by molar-refractivity contribution is -0.137. The van der Waals surface area contributed by atoms with Crippen LogP contribution in [0.15, 0.2) is 48.8 Å². The third-order valence-electron chi connectivity index (χ3n) is 4.50. The Morgan fingerprint density at radius 1 is 1.20 bits per heavy atom. The zero-order valence-electron chi connectivity index (χ0n) is 16.4. The first-order valence-electron chi connectivity index (χ1n) is 9.34. The first-order valence-corrected chi connectivity index (χ1v) is 9.34. The van der Waals surface area contributed by atoms with Gasteiger partial charge in [-0.15, -0.1) is 0 Å². The maximum absolute atomic E-state index is 12.8. The number of pyridine rings is 1. The largest absolute Gasteiger partial charge is 0.508 e. The molecule has 0 saturated carbocycles. The number of amides is 1. The highest BCUT2D eigenvalue weighted by atomic mass is 19.4. The van der Waals surface area contributed by atoms with Crippen LogP contribution in [0, 0.1) is 0 Å². The van der Waals surface area contributed by atoms with Gasteiger partial charge in [0.2, 0.25) is 0 Å². The number of phenolic OH excluding ortho intramolecular Hbond substituents is 1. The van der Waals surface area contributed by atoms with E-state index in [0.717, 1.165) is 17.8 Å². The van der Waals surface area contributed by atoms with Crippen molar-refractivity contribution in [3.05, 3.63) is 71.2 Å². The van der Waals surface area contributed by atoms with Gasteiger partial charge in [0.25, 0.3) is 5.91 Å². The van der Waals surface area contributed by atoms with E-state index < -0.39 is 11.7 Å². The SMILES string of the molecule is CC(C)c1c(C(=O)NCCc2cccc(O)c2)cnn1-c1ccc(C(F)(F)F)cn1. The van der Waals surface area contributed by atoms with E-state index >= 15 is 0 Å². The van der Waals surface area contributed by atoms with Gasteiger partial charge >= 0.3 is 6.18 Å². The van der Waals surface area contributed by atoms with E-state index in [9.17, 15) is 23.1 Å². The van der Waals surface area contributed by atoms with E-state index in [0.29, 0.717) is 24.2 Å². The van der Waals surface area contributed by atoms with E-state index in [1.165, 1.54) is 16.9 Å². The average Bonchev–Trinajstić information content (AvgIpc) is 3.13. The molecule has 0 unspecified atom stereocenters. The van der Waals surface area contributed by atoms with Crippen LogP contribution in [0.1, 0.15) is 46.9 Å². The summed E-state index contributed by atoms with van der Waals surface area (Å²) in [5.41, 5.74) is 0.915. The molecule has 2 heterocycles. The molecule has 0 radical (unpaired) electrons. The molecule has 0 aliphatic heterocycles. The van der Waals surface area contributed by atoms with Crippen molar-refractivity contribution in [3.63, 3.8) is 0 Å². The lowest BCUT2D eigenvalue weighted by Crippen LogP contribution is -2.26. The number of rotatable bonds is 6. The van der Waals surface area contributed by atoms with Crippen LogP contribution in [0.4, 0.5) is 13.2 Å². The van der Waals surface area contributed by atoms with E-state index in [1.807, 2.05) is 19.9 Å². The summed E-state index contributed by atoms with van der Waals surface area (Å²) in [4.78, 5) is 16.5. The Morgan fingerprint density at radius 2 is 1.97 bits per heavy atom. The zero-order valence-corrected chi connectivity index (χ0v) is 16.4. The van der Waals surface area contributed by atoms with Crippen molar-refractivity contribution >= 4 is 5.91 Å². The Balaban J connectivity index is 1.77. The molecule has 9 heteroatoms. The van der Waals surface area contributed by atoms with Gasteiger partial charge in [0.1, 0.15) is 5.75 Å². The zero-order chi connectivity index (χ0) is 21.9. The summed E-state index contributed by atoms with van der Waals surface area (Å²) in [5.74, 6) is -0.0998. The standard InChI is InChI=1S/C21H21F3N4O2/c1-13(2)19-17(20(30)25-9-8-14-4-3-5-16(29)10-14)12-27-28(19)18-7-6-15(11-26-18)21(22,23)24/h3-7,10-13,29H,8-9H2,1-2H3,(H,25,30). The van der Waals surface area contributed by atoms with E-state index in [2.05, 4.69) is 15.4 Å². The predicted octanol–water partition coefficient (Wildman–Crippen LogP) is 4.09. The summed E-state index contributed by atoms with van der Waals surface area (Å²) in [5, 5.41) is 16.5. The number of alkyl halides is 3. The Kier molecular flexibility index (Phi) is 6.09. The minimum atomic E-state index is -4.48. The second kappa shape index (κ2) is 8.56. The molecule has 0 aliphatic carbocycles. The normalized spacial score (nSPS) is 11.7. The molecule has 0 fully saturated rings. The van der Waals surface area contributed by atoms with Crippen LogP contribution in [-0.2, 0) is 12.6 Å². The molecule has 1 amide bonds. The lowest BCUT2D eigenvalue weighted by Gasteiger charge is -2.13. The topological polar surface area (TPSA) is 80.0 Å². The fourth-order valence-electron chi connectivity index (χ4n) is 3.08. The summed E-state index contributed by atoms with van der Waals surface area (Å²) in [6.07, 6.45) is -1.81. The van der Waals surface area contributed by atoms with Gasteiger partial charge in [-0.2, -0.15) is 18.3 Å². The number of aromatic hydroxyl groups is 1. The van der Waals surface area contributed by atoms with Crippen molar-refractivity contribution in [2.45, 2.75) is 32.4 Å². The third kappa shape index (κ3) is 4.79. The summed E-state index contributed by atoms with van der Waals surface area (Å²) < 4.78 is 39.7. The Hall–Kier alpha value is -3.36. The lowest BCUT2D eigenvalue weighted by atomic mass is 10.1. The molecule has 30 heavy (non-hydrogen) atoms. The molecular weight excluding hydrogens is 397 g/mol. The molecule has 6 nitrogen and oxygen atoms in total. The second-order valence-electron chi connectivity index (χ2n) is 7.09. The number of carbonyl (C=O) groups excluding carboxylic acids is 1. The molecule has 0 saturated heterocycles. The predicted molar refractivity (Wildman–Crippen MR) is 105 cm³/mol. The van der Waals surface area contributed by atoms with E-state index in [-0.39, 0.29) is 23.4 Å². The quantitative estimate of drug-likeness (QED) is 0.632. The van der Waals surface area contributed by atoms with Crippen LogP contribution in [0.2, 0.25) is 0 Å². The molecule has 0 bridgehead atoms. The minimum absolute atomic E-state index is 0.122. The van der Waals surface area contributed by atoms with Crippen molar-refractivity contribution in [3.8, 4) is 11.6 Å². The number of carbonyl (C=O) groups is 1. The molecule has 0 atom stereocenters. The Bertz CT molecular complexity index is 1030. The number of halogens is 3. The molecular formula is C21H21F3N4O2. The maximum Gasteiger partial charge on any atom is 0.417 e. The molecule has 0 spiro atoms. The van der Waals surface area contributed by atoms with Crippen molar-refractivity contribution < 1.29 is 23.1 Å². The highest BCUT2D eigenvalue weighted by molar-refractivity contribution is 5.95. The number of hydrogen-bond acceptors (Lipinski definition) is 4. The number of nitrogens with one attached hydrogen (secondary N) is 1. The molecule has 1 aromatic carbocycles. The summed E-state index contributed by atoms with van der Waals surface area (Å²) >= 11 is 0. The summed E-state index contributed by atoms with van der Waals surface area (Å²) in [7, 11) is 0. The summed E-state index contributed by atoms with van der Waals surface area (Å²) in [6, 6.07) is 8.93. The van der Waals surface area contributed by atoms with Crippen molar-refractivity contribution in [1.82, 2.24) is 20.1 Å². The van der Waals surface area contributed by atoms with Gasteiger partial charge in [-0.05, 0) is 42.2 Å². The van der Waals surface area contributed by atoms with Crippen LogP contribution in [0.5, 0.6) is 5.75 Å². The van der Waals surface area contributed by atoms with Crippen molar-refractivity contribution in [1.29, 1.82) is 0 Å². The minimum Gasteiger partial charge on any atom is -0.508 e. The monoisotopic (exact) mass is 418 g/mol. The van der Waals surface area contributed by atoms with E-state index in [4.69, 9.17) is 0 Å². The average molecular weight is 418 g/mol. The van der Waals surface area contributed by atoms with Crippen LogP contribution >= 0.6 is 0 Å². The molecule has 158 valence electrons. The molecule has 0 aliphatic rings. The van der Waals surface area contributed by atoms with Gasteiger partial charge in [0.15, 0.2) is 5.82 Å². The van der Waals surface area contributed by atoms with Crippen molar-refractivity contribution in [2.24, 2.45) is 0 Å².